The Kier molecular flexibility index (Phi) is 8.25. The number of nitrogens with one attached hydrogen (secondary N) is 1. The van der Waals surface area contributed by atoms with Gasteiger partial charge in [-0.25, -0.2) is 9.78 Å². The summed E-state index contributed by atoms with van der Waals surface area (Å²) in [6, 6.07) is 28.3. The van der Waals surface area contributed by atoms with Crippen LogP contribution in [0.15, 0.2) is 112 Å². The van der Waals surface area contributed by atoms with E-state index in [0.717, 1.165) is 28.0 Å². The van der Waals surface area contributed by atoms with E-state index in [9.17, 15) is 9.59 Å². The average molecular weight is 484 g/mol. The predicted molar refractivity (Wildman–Crippen MR) is 139 cm³/mol. The fraction of sp³-hybridized carbons (Fsp3) is 0.143. The molecule has 4 rings (SSSR count). The summed E-state index contributed by atoms with van der Waals surface area (Å²) >= 11 is 1.45. The number of nitrogens with zero attached hydrogens (tertiary/aromatic N) is 2. The molecule has 3 aromatic carbocycles. The third-order valence-corrected chi connectivity index (χ3v) is 6.26. The summed E-state index contributed by atoms with van der Waals surface area (Å²) in [5.41, 5.74) is 4.45. The normalized spacial score (nSPS) is 11.5. The second kappa shape index (κ2) is 11.9. The van der Waals surface area contributed by atoms with Crippen molar-refractivity contribution in [2.75, 3.05) is 7.11 Å². The summed E-state index contributed by atoms with van der Waals surface area (Å²) < 4.78 is 5.11. The Hall–Kier alpha value is -3.97. The maximum Gasteiger partial charge on any atom is 0.330 e. The van der Waals surface area contributed by atoms with Gasteiger partial charge in [0.25, 0.3) is 5.56 Å². The second-order valence-corrected chi connectivity index (χ2v) is 8.76. The number of H-pyrrole nitrogens is 1. The summed E-state index contributed by atoms with van der Waals surface area (Å²) in [5.74, 6) is 0.242. The van der Waals surface area contributed by atoms with E-state index < -0.39 is 6.04 Å². The molecule has 0 saturated heterocycles. The zero-order valence-electron chi connectivity index (χ0n) is 19.3. The number of aromatic nitrogens is 2. The van der Waals surface area contributed by atoms with E-state index in [1.165, 1.54) is 31.1 Å². The van der Waals surface area contributed by atoms with Crippen LogP contribution in [0, 0.1) is 0 Å². The molecule has 0 radical (unpaired) electrons. The Balaban J connectivity index is 1.60. The lowest BCUT2D eigenvalue weighted by Crippen LogP contribution is -2.25. The molecule has 0 aliphatic rings. The molecule has 1 heterocycles. The number of aliphatic imine (C=N–C) groups is 1. The van der Waals surface area contributed by atoms with Crippen molar-refractivity contribution in [2.45, 2.75) is 23.4 Å². The fourth-order valence-electron chi connectivity index (χ4n) is 3.63. The van der Waals surface area contributed by atoms with E-state index in [1.807, 2.05) is 84.9 Å². The van der Waals surface area contributed by atoms with Crippen molar-refractivity contribution in [3.8, 4) is 0 Å². The highest BCUT2D eigenvalue weighted by atomic mass is 32.2. The van der Waals surface area contributed by atoms with Crippen molar-refractivity contribution >= 4 is 23.4 Å². The molecule has 0 aliphatic carbocycles. The van der Waals surface area contributed by atoms with Crippen molar-refractivity contribution in [3.63, 3.8) is 0 Å². The molecule has 0 fully saturated rings. The third kappa shape index (κ3) is 6.77. The quantitative estimate of drug-likeness (QED) is 0.162. The minimum absolute atomic E-state index is 0.178. The molecule has 6 nitrogen and oxygen atoms in total. The second-order valence-electron chi connectivity index (χ2n) is 7.80. The van der Waals surface area contributed by atoms with Gasteiger partial charge in [0, 0.05) is 35.6 Å². The molecule has 35 heavy (non-hydrogen) atoms. The molecule has 4 aromatic rings. The van der Waals surface area contributed by atoms with Crippen LogP contribution in [0.25, 0.3) is 0 Å². The number of carbonyl (C=O) groups is 1. The molecule has 0 saturated carbocycles. The molecule has 0 spiro atoms. The average Bonchev–Trinajstić information content (AvgIpc) is 2.90. The number of rotatable bonds is 9. The number of hydrogen-bond acceptors (Lipinski definition) is 6. The van der Waals surface area contributed by atoms with Crippen LogP contribution >= 0.6 is 11.8 Å². The Morgan fingerprint density at radius 2 is 1.60 bits per heavy atom. The van der Waals surface area contributed by atoms with Crippen LogP contribution < -0.4 is 5.56 Å². The molecular formula is C28H25N3O3S. The van der Waals surface area contributed by atoms with Gasteiger partial charge in [-0.05, 0) is 11.1 Å². The van der Waals surface area contributed by atoms with Crippen LogP contribution in [0.4, 0.5) is 0 Å². The number of benzene rings is 3. The zero-order valence-corrected chi connectivity index (χ0v) is 20.1. The molecule has 0 amide bonds. The Morgan fingerprint density at radius 3 is 2.23 bits per heavy atom. The lowest BCUT2D eigenvalue weighted by atomic mass is 10.00. The van der Waals surface area contributed by atoms with E-state index in [2.05, 4.69) is 9.97 Å². The van der Waals surface area contributed by atoms with Crippen LogP contribution in [0.1, 0.15) is 22.3 Å². The van der Waals surface area contributed by atoms with E-state index >= 15 is 0 Å². The third-order valence-electron chi connectivity index (χ3n) is 5.30. The lowest BCUT2D eigenvalue weighted by molar-refractivity contribution is -0.142. The van der Waals surface area contributed by atoms with Gasteiger partial charge in [-0.2, -0.15) is 0 Å². The van der Waals surface area contributed by atoms with Crippen LogP contribution in [0.5, 0.6) is 0 Å². The Labute approximate surface area is 208 Å². The van der Waals surface area contributed by atoms with Crippen LogP contribution in [-0.4, -0.2) is 34.8 Å². The number of methoxy groups -OCH3 is 1. The maximum atomic E-state index is 12.8. The van der Waals surface area contributed by atoms with E-state index in [1.54, 1.807) is 0 Å². The SMILES string of the molecule is COC(=O)C(Cc1cccc(CSc2nccc(=O)[nH]2)c1)N=C(c1ccccc1)c1ccccc1. The molecule has 7 heteroatoms. The van der Waals surface area contributed by atoms with Gasteiger partial charge < -0.3 is 9.72 Å². The van der Waals surface area contributed by atoms with Crippen molar-refractivity contribution in [1.82, 2.24) is 9.97 Å². The Morgan fingerprint density at radius 1 is 0.943 bits per heavy atom. The number of ether oxygens (including phenoxy) is 1. The number of carbonyl (C=O) groups excluding carboxylic acids is 1. The highest BCUT2D eigenvalue weighted by molar-refractivity contribution is 7.98. The summed E-state index contributed by atoms with van der Waals surface area (Å²) in [4.78, 5) is 36.1. The first-order valence-electron chi connectivity index (χ1n) is 11.1. The maximum absolute atomic E-state index is 12.8. The molecule has 1 unspecified atom stereocenters. The monoisotopic (exact) mass is 483 g/mol. The summed E-state index contributed by atoms with van der Waals surface area (Å²) in [6.07, 6.45) is 1.89. The number of aromatic amines is 1. The van der Waals surface area contributed by atoms with Gasteiger partial charge in [-0.1, -0.05) is 96.7 Å². The first-order chi connectivity index (χ1) is 17.1. The fourth-order valence-corrected chi connectivity index (χ4v) is 4.42. The molecule has 1 N–H and O–H groups in total. The van der Waals surface area contributed by atoms with Gasteiger partial charge in [0.15, 0.2) is 11.2 Å². The standard InChI is InChI=1S/C28H25N3O3S/c1-34-27(33)24(30-26(22-11-4-2-5-12-22)23-13-6-3-7-14-23)18-20-9-8-10-21(17-20)19-35-28-29-16-15-25(32)31-28/h2-17,24H,18-19H2,1H3,(H,29,31,32). The van der Waals surface area contributed by atoms with Gasteiger partial charge in [0.1, 0.15) is 0 Å². The lowest BCUT2D eigenvalue weighted by Gasteiger charge is -2.15. The highest BCUT2D eigenvalue weighted by Crippen LogP contribution is 2.20. The van der Waals surface area contributed by atoms with Gasteiger partial charge in [0.05, 0.1) is 12.8 Å². The van der Waals surface area contributed by atoms with Gasteiger partial charge in [0.2, 0.25) is 0 Å². The number of thioether (sulfide) groups is 1. The molecule has 176 valence electrons. The van der Waals surface area contributed by atoms with Crippen molar-refractivity contribution < 1.29 is 9.53 Å². The molecule has 0 bridgehead atoms. The van der Waals surface area contributed by atoms with E-state index in [-0.39, 0.29) is 11.5 Å². The highest BCUT2D eigenvalue weighted by Gasteiger charge is 2.21. The minimum Gasteiger partial charge on any atom is -0.467 e. The van der Waals surface area contributed by atoms with Gasteiger partial charge in [-0.3, -0.25) is 9.79 Å². The predicted octanol–water partition coefficient (Wildman–Crippen LogP) is 4.68. The van der Waals surface area contributed by atoms with Crippen LogP contribution in [-0.2, 0) is 21.7 Å². The van der Waals surface area contributed by atoms with Crippen LogP contribution in [0.2, 0.25) is 0 Å². The van der Waals surface area contributed by atoms with Crippen molar-refractivity contribution in [3.05, 3.63) is 130 Å². The first-order valence-corrected chi connectivity index (χ1v) is 12.1. The number of hydrogen-bond donors (Lipinski definition) is 1. The topological polar surface area (TPSA) is 84.4 Å². The number of esters is 1. The zero-order chi connectivity index (χ0) is 24.5. The summed E-state index contributed by atoms with van der Waals surface area (Å²) in [7, 11) is 1.39. The van der Waals surface area contributed by atoms with Crippen molar-refractivity contribution in [1.29, 1.82) is 0 Å². The molecule has 1 aromatic heterocycles. The van der Waals surface area contributed by atoms with Gasteiger partial charge >= 0.3 is 5.97 Å². The summed E-state index contributed by atoms with van der Waals surface area (Å²) in [5, 5.41) is 0.565. The smallest absolute Gasteiger partial charge is 0.330 e. The van der Waals surface area contributed by atoms with E-state index in [0.29, 0.717) is 17.3 Å². The first kappa shape index (κ1) is 24.2. The molecular weight excluding hydrogens is 458 g/mol. The summed E-state index contributed by atoms with van der Waals surface area (Å²) in [6.45, 7) is 0. The van der Waals surface area contributed by atoms with E-state index in [4.69, 9.17) is 9.73 Å². The van der Waals surface area contributed by atoms with Crippen molar-refractivity contribution in [2.24, 2.45) is 4.99 Å². The molecule has 1 atom stereocenters. The van der Waals surface area contributed by atoms with Crippen LogP contribution in [0.3, 0.4) is 0 Å². The largest absolute Gasteiger partial charge is 0.467 e. The van der Waals surface area contributed by atoms with Gasteiger partial charge in [-0.15, -0.1) is 0 Å². The minimum atomic E-state index is -0.703. The Bertz CT molecular complexity index is 1310. The molecule has 0 aliphatic heterocycles.